The number of benzene rings is 1. The third kappa shape index (κ3) is 6.23. The largest absolute Gasteiger partial charge is 0.330 e. The van der Waals surface area contributed by atoms with Gasteiger partial charge in [-0.1, -0.05) is 11.6 Å². The third-order valence-corrected chi connectivity index (χ3v) is 3.34. The number of halogens is 1. The summed E-state index contributed by atoms with van der Waals surface area (Å²) in [7, 11) is -3.37. The Balaban J connectivity index is 2.74. The molecule has 8 heteroatoms. The van der Waals surface area contributed by atoms with Crippen molar-refractivity contribution in [1.82, 2.24) is 0 Å². The van der Waals surface area contributed by atoms with Crippen molar-refractivity contribution in [2.75, 3.05) is 22.8 Å². The summed E-state index contributed by atoms with van der Waals surface area (Å²) in [6.45, 7) is 0.543. The molecule has 0 bridgehead atoms. The molecule has 0 aromatic heterocycles. The first-order valence-electron chi connectivity index (χ1n) is 6.09. The molecule has 0 radical (unpaired) electrons. The molecule has 1 amide bonds. The molecule has 0 unspecified atom stereocenters. The summed E-state index contributed by atoms with van der Waals surface area (Å²) in [5.74, 6) is -0.183. The summed E-state index contributed by atoms with van der Waals surface area (Å²) in [6, 6.07) is 4.52. The summed E-state index contributed by atoms with van der Waals surface area (Å²) in [5.41, 5.74) is 6.07. The number of nitrogens with two attached hydrogens (primary N) is 1. The minimum atomic E-state index is -3.37. The lowest BCUT2D eigenvalue weighted by molar-refractivity contribution is -0.116. The molecule has 4 N–H and O–H groups in total. The number of rotatable bonds is 7. The zero-order valence-corrected chi connectivity index (χ0v) is 12.7. The van der Waals surface area contributed by atoms with Gasteiger partial charge in [0.05, 0.1) is 22.7 Å². The highest BCUT2D eigenvalue weighted by Crippen LogP contribution is 2.26. The number of carbonyl (C=O) groups excluding carboxylic acids is 1. The number of amides is 1. The minimum absolute atomic E-state index is 0.183. The predicted molar refractivity (Wildman–Crippen MR) is 81.5 cm³/mol. The molecule has 1 rings (SSSR count). The van der Waals surface area contributed by atoms with E-state index in [2.05, 4.69) is 10.0 Å². The Hall–Kier alpha value is -1.31. The van der Waals surface area contributed by atoms with Crippen molar-refractivity contribution >= 4 is 38.9 Å². The fraction of sp³-hybridized carbons (Fsp3) is 0.417. The lowest BCUT2D eigenvalue weighted by atomic mass is 10.2. The lowest BCUT2D eigenvalue weighted by Gasteiger charge is -2.10. The Morgan fingerprint density at radius 2 is 2.05 bits per heavy atom. The second-order valence-electron chi connectivity index (χ2n) is 4.36. The molecule has 112 valence electrons. The first-order chi connectivity index (χ1) is 9.31. The molecule has 1 aromatic rings. The van der Waals surface area contributed by atoms with Gasteiger partial charge in [0, 0.05) is 6.42 Å². The third-order valence-electron chi connectivity index (χ3n) is 2.40. The van der Waals surface area contributed by atoms with E-state index in [4.69, 9.17) is 17.3 Å². The highest BCUT2D eigenvalue weighted by molar-refractivity contribution is 7.92. The summed E-state index contributed by atoms with van der Waals surface area (Å²) in [6.07, 6.45) is 2.86. The van der Waals surface area contributed by atoms with Crippen LogP contribution < -0.4 is 15.8 Å². The van der Waals surface area contributed by atoms with Gasteiger partial charge in [-0.3, -0.25) is 9.52 Å². The van der Waals surface area contributed by atoms with Gasteiger partial charge < -0.3 is 11.1 Å². The van der Waals surface area contributed by atoms with E-state index >= 15 is 0 Å². The van der Waals surface area contributed by atoms with Crippen molar-refractivity contribution < 1.29 is 13.2 Å². The van der Waals surface area contributed by atoms with E-state index in [-0.39, 0.29) is 5.91 Å². The molecule has 0 saturated heterocycles. The number of carbonyl (C=O) groups is 1. The molecule has 0 aliphatic heterocycles. The molecule has 0 heterocycles. The Morgan fingerprint density at radius 3 is 2.65 bits per heavy atom. The van der Waals surface area contributed by atoms with Crippen LogP contribution >= 0.6 is 11.6 Å². The molecule has 0 atom stereocenters. The standard InChI is InChI=1S/C12H18ClN3O3S/c1-20(18,19)16-9-5-6-10(13)11(8-9)15-12(17)4-2-3-7-14/h5-6,8,16H,2-4,7,14H2,1H3,(H,15,17). The second kappa shape index (κ2) is 7.47. The highest BCUT2D eigenvalue weighted by atomic mass is 35.5. The maximum absolute atomic E-state index is 11.7. The summed E-state index contributed by atoms with van der Waals surface area (Å²) in [5, 5.41) is 2.99. The van der Waals surface area contributed by atoms with E-state index in [0.717, 1.165) is 12.7 Å². The molecular weight excluding hydrogens is 302 g/mol. The number of sulfonamides is 1. The molecule has 0 fully saturated rings. The zero-order valence-electron chi connectivity index (χ0n) is 11.1. The first-order valence-corrected chi connectivity index (χ1v) is 8.36. The van der Waals surface area contributed by atoms with Gasteiger partial charge in [0.25, 0.3) is 0 Å². The molecule has 0 aliphatic rings. The first kappa shape index (κ1) is 16.7. The molecule has 20 heavy (non-hydrogen) atoms. The topological polar surface area (TPSA) is 101 Å². The Morgan fingerprint density at radius 1 is 1.35 bits per heavy atom. The van der Waals surface area contributed by atoms with Crippen LogP contribution in [-0.4, -0.2) is 27.1 Å². The fourth-order valence-corrected chi connectivity index (χ4v) is 2.26. The van der Waals surface area contributed by atoms with Crippen LogP contribution in [0.15, 0.2) is 18.2 Å². The van der Waals surface area contributed by atoms with E-state index in [1.807, 2.05) is 0 Å². The molecule has 1 aromatic carbocycles. The zero-order chi connectivity index (χ0) is 15.2. The van der Waals surface area contributed by atoms with Gasteiger partial charge in [-0.05, 0) is 37.6 Å². The minimum Gasteiger partial charge on any atom is -0.330 e. The number of hydrogen-bond donors (Lipinski definition) is 3. The average Bonchev–Trinajstić information content (AvgIpc) is 2.32. The van der Waals surface area contributed by atoms with Crippen molar-refractivity contribution in [3.05, 3.63) is 23.2 Å². The van der Waals surface area contributed by atoms with E-state index in [0.29, 0.717) is 35.8 Å². The van der Waals surface area contributed by atoms with Crippen LogP contribution in [0.1, 0.15) is 19.3 Å². The maximum atomic E-state index is 11.7. The molecule has 0 aliphatic carbocycles. The summed E-state index contributed by atoms with van der Waals surface area (Å²) >= 11 is 5.96. The second-order valence-corrected chi connectivity index (χ2v) is 6.52. The van der Waals surface area contributed by atoms with Crippen molar-refractivity contribution in [3.63, 3.8) is 0 Å². The van der Waals surface area contributed by atoms with Crippen LogP contribution in [-0.2, 0) is 14.8 Å². The van der Waals surface area contributed by atoms with Crippen molar-refractivity contribution in [2.45, 2.75) is 19.3 Å². The van der Waals surface area contributed by atoms with Crippen LogP contribution in [0.4, 0.5) is 11.4 Å². The Labute approximate surface area is 123 Å². The number of hydrogen-bond acceptors (Lipinski definition) is 4. The van der Waals surface area contributed by atoms with Gasteiger partial charge in [0.1, 0.15) is 0 Å². The highest BCUT2D eigenvalue weighted by Gasteiger charge is 2.08. The maximum Gasteiger partial charge on any atom is 0.229 e. The quantitative estimate of drug-likeness (QED) is 0.667. The van der Waals surface area contributed by atoms with Gasteiger partial charge in [-0.15, -0.1) is 0 Å². The van der Waals surface area contributed by atoms with E-state index < -0.39 is 10.0 Å². The predicted octanol–water partition coefficient (Wildman–Crippen LogP) is 1.78. The van der Waals surface area contributed by atoms with Crippen LogP contribution in [0.2, 0.25) is 5.02 Å². The number of unbranched alkanes of at least 4 members (excludes halogenated alkanes) is 1. The van der Waals surface area contributed by atoms with Crippen molar-refractivity contribution in [3.8, 4) is 0 Å². The van der Waals surface area contributed by atoms with Crippen molar-refractivity contribution in [1.29, 1.82) is 0 Å². The van der Waals surface area contributed by atoms with Crippen molar-refractivity contribution in [2.24, 2.45) is 5.73 Å². The van der Waals surface area contributed by atoms with Gasteiger partial charge >= 0.3 is 0 Å². The average molecular weight is 320 g/mol. The Bertz CT molecular complexity index is 575. The van der Waals surface area contributed by atoms with E-state index in [9.17, 15) is 13.2 Å². The molecule has 0 spiro atoms. The normalized spacial score (nSPS) is 11.2. The summed E-state index contributed by atoms with van der Waals surface area (Å²) < 4.78 is 24.6. The van der Waals surface area contributed by atoms with Gasteiger partial charge in [0.2, 0.25) is 15.9 Å². The van der Waals surface area contributed by atoms with Gasteiger partial charge in [-0.2, -0.15) is 0 Å². The monoisotopic (exact) mass is 319 g/mol. The number of anilines is 2. The van der Waals surface area contributed by atoms with Crippen LogP contribution in [0.5, 0.6) is 0 Å². The summed E-state index contributed by atoms with van der Waals surface area (Å²) in [4.78, 5) is 11.7. The molecular formula is C12H18ClN3O3S. The molecule has 0 saturated carbocycles. The fourth-order valence-electron chi connectivity index (χ4n) is 1.54. The van der Waals surface area contributed by atoms with Crippen LogP contribution in [0, 0.1) is 0 Å². The molecule has 6 nitrogen and oxygen atoms in total. The van der Waals surface area contributed by atoms with E-state index in [1.165, 1.54) is 18.2 Å². The van der Waals surface area contributed by atoms with E-state index in [1.54, 1.807) is 0 Å². The van der Waals surface area contributed by atoms with Gasteiger partial charge in [0.15, 0.2) is 0 Å². The van der Waals surface area contributed by atoms with Crippen LogP contribution in [0.3, 0.4) is 0 Å². The van der Waals surface area contributed by atoms with Gasteiger partial charge in [-0.25, -0.2) is 8.42 Å². The smallest absolute Gasteiger partial charge is 0.229 e. The van der Waals surface area contributed by atoms with Crippen LogP contribution in [0.25, 0.3) is 0 Å². The lowest BCUT2D eigenvalue weighted by Crippen LogP contribution is -2.13. The Kier molecular flexibility index (Phi) is 6.25. The number of nitrogens with one attached hydrogen (secondary N) is 2. The SMILES string of the molecule is CS(=O)(=O)Nc1ccc(Cl)c(NC(=O)CCCCN)c1.